The predicted octanol–water partition coefficient (Wildman–Crippen LogP) is 5.09. The minimum atomic E-state index is -4.51. The summed E-state index contributed by atoms with van der Waals surface area (Å²) in [6, 6.07) is 14.0. The van der Waals surface area contributed by atoms with Gasteiger partial charge in [-0.15, -0.1) is 0 Å². The summed E-state index contributed by atoms with van der Waals surface area (Å²) in [7, 11) is 1.56. The monoisotopic (exact) mass is 511 g/mol. The predicted molar refractivity (Wildman–Crippen MR) is 128 cm³/mol. The molecule has 2 heterocycles. The first kappa shape index (κ1) is 25.7. The normalized spacial score (nSPS) is 15.6. The van der Waals surface area contributed by atoms with Crippen molar-refractivity contribution in [2.45, 2.75) is 31.7 Å². The summed E-state index contributed by atoms with van der Waals surface area (Å²) < 4.78 is 49.9. The maximum absolute atomic E-state index is 13.3. The summed E-state index contributed by atoms with van der Waals surface area (Å²) >= 11 is 0. The van der Waals surface area contributed by atoms with Crippen LogP contribution < -0.4 is 15.4 Å². The summed E-state index contributed by atoms with van der Waals surface area (Å²) in [6.07, 6.45) is -0.660. The molecule has 3 aromatic rings. The number of alkyl halides is 3. The molecule has 0 bridgehead atoms. The van der Waals surface area contributed by atoms with Crippen LogP contribution in [0.3, 0.4) is 0 Å². The molecule has 0 spiro atoms. The Balaban J connectivity index is 1.62. The van der Waals surface area contributed by atoms with Crippen LogP contribution in [0.15, 0.2) is 84.3 Å². The zero-order valence-corrected chi connectivity index (χ0v) is 19.8. The average molecular weight is 512 g/mol. The van der Waals surface area contributed by atoms with Crippen molar-refractivity contribution in [2.75, 3.05) is 7.11 Å². The Bertz CT molecular complexity index is 1310. The SMILES string of the molecule is COc1cccc(CCC2=C(C(=O)OCc3cccc(C(F)(F)F)c3)C(c3ccncc3)NC(=O)N2)c1. The van der Waals surface area contributed by atoms with Gasteiger partial charge in [0.2, 0.25) is 0 Å². The van der Waals surface area contributed by atoms with E-state index in [2.05, 4.69) is 15.6 Å². The van der Waals surface area contributed by atoms with E-state index < -0.39 is 29.8 Å². The molecule has 10 heteroatoms. The van der Waals surface area contributed by atoms with E-state index in [1.54, 1.807) is 19.2 Å². The second kappa shape index (κ2) is 11.2. The van der Waals surface area contributed by atoms with Gasteiger partial charge in [0.15, 0.2) is 0 Å². The number of rotatable bonds is 8. The smallest absolute Gasteiger partial charge is 0.416 e. The van der Waals surface area contributed by atoms with Gasteiger partial charge in [-0.3, -0.25) is 4.98 Å². The van der Waals surface area contributed by atoms with Crippen LogP contribution in [0.25, 0.3) is 0 Å². The van der Waals surface area contributed by atoms with E-state index in [1.807, 2.05) is 24.3 Å². The van der Waals surface area contributed by atoms with Crippen LogP contribution in [0.5, 0.6) is 5.75 Å². The zero-order valence-electron chi connectivity index (χ0n) is 19.8. The van der Waals surface area contributed by atoms with E-state index in [0.29, 0.717) is 29.9 Å². The molecule has 0 radical (unpaired) electrons. The highest BCUT2D eigenvalue weighted by Crippen LogP contribution is 2.31. The minimum absolute atomic E-state index is 0.167. The third kappa shape index (κ3) is 6.46. The Kier molecular flexibility index (Phi) is 7.76. The van der Waals surface area contributed by atoms with Crippen LogP contribution in [0, 0.1) is 0 Å². The lowest BCUT2D eigenvalue weighted by Crippen LogP contribution is -2.46. The molecule has 1 unspecified atom stereocenters. The van der Waals surface area contributed by atoms with Gasteiger partial charge in [0, 0.05) is 18.1 Å². The zero-order chi connectivity index (χ0) is 26.4. The number of amides is 2. The summed E-state index contributed by atoms with van der Waals surface area (Å²) in [5.41, 5.74) is 1.42. The van der Waals surface area contributed by atoms with Crippen LogP contribution in [0.4, 0.5) is 18.0 Å². The van der Waals surface area contributed by atoms with E-state index in [-0.39, 0.29) is 17.7 Å². The molecule has 7 nitrogen and oxygen atoms in total. The minimum Gasteiger partial charge on any atom is -0.497 e. The molecule has 0 saturated heterocycles. The van der Waals surface area contributed by atoms with Crippen molar-refractivity contribution in [3.8, 4) is 5.75 Å². The molecule has 1 atom stereocenters. The van der Waals surface area contributed by atoms with Gasteiger partial charge < -0.3 is 20.1 Å². The number of benzene rings is 2. The van der Waals surface area contributed by atoms with E-state index in [4.69, 9.17) is 9.47 Å². The number of ether oxygens (including phenoxy) is 2. The van der Waals surface area contributed by atoms with Crippen molar-refractivity contribution in [3.05, 3.63) is 107 Å². The molecule has 0 aliphatic carbocycles. The number of hydrogen-bond donors (Lipinski definition) is 2. The lowest BCUT2D eigenvalue weighted by molar-refractivity contribution is -0.140. The molecule has 1 aromatic heterocycles. The van der Waals surface area contributed by atoms with Gasteiger partial charge in [-0.2, -0.15) is 13.2 Å². The van der Waals surface area contributed by atoms with E-state index in [1.165, 1.54) is 24.5 Å². The molecule has 0 saturated carbocycles. The van der Waals surface area contributed by atoms with Crippen LogP contribution in [0.1, 0.15) is 34.7 Å². The van der Waals surface area contributed by atoms with Crippen LogP contribution in [-0.2, 0) is 28.7 Å². The number of urea groups is 1. The maximum Gasteiger partial charge on any atom is 0.416 e. The Labute approximate surface area is 211 Å². The number of aromatic nitrogens is 1. The third-order valence-electron chi connectivity index (χ3n) is 5.84. The van der Waals surface area contributed by atoms with Crippen molar-refractivity contribution < 1.29 is 32.2 Å². The number of nitrogens with zero attached hydrogens (tertiary/aromatic N) is 1. The fourth-order valence-corrected chi connectivity index (χ4v) is 4.02. The maximum atomic E-state index is 13.3. The Hall–Kier alpha value is -4.34. The standard InChI is InChI=1S/C27H24F3N3O4/c1-36-21-7-3-4-17(15-21)8-9-22-23(24(33-26(35)32-22)19-10-12-31-13-11-19)25(34)37-16-18-5-2-6-20(14-18)27(28,29)30/h2-7,10-15,24H,8-9,16H2,1H3,(H2,32,33,35). The van der Waals surface area contributed by atoms with E-state index in [0.717, 1.165) is 17.7 Å². The average Bonchev–Trinajstić information content (AvgIpc) is 2.90. The van der Waals surface area contributed by atoms with Crippen molar-refractivity contribution in [3.63, 3.8) is 0 Å². The lowest BCUT2D eigenvalue weighted by atomic mass is 9.93. The molecule has 192 valence electrons. The second-order valence-electron chi connectivity index (χ2n) is 8.33. The van der Waals surface area contributed by atoms with Crippen molar-refractivity contribution >= 4 is 12.0 Å². The van der Waals surface area contributed by atoms with Crippen LogP contribution >= 0.6 is 0 Å². The highest BCUT2D eigenvalue weighted by atomic mass is 19.4. The Morgan fingerprint density at radius 2 is 1.73 bits per heavy atom. The Morgan fingerprint density at radius 1 is 1.00 bits per heavy atom. The van der Waals surface area contributed by atoms with Gasteiger partial charge in [-0.1, -0.05) is 24.3 Å². The largest absolute Gasteiger partial charge is 0.497 e. The summed E-state index contributed by atoms with van der Waals surface area (Å²) in [4.78, 5) is 29.8. The van der Waals surface area contributed by atoms with Gasteiger partial charge in [0.1, 0.15) is 12.4 Å². The first-order valence-electron chi connectivity index (χ1n) is 11.4. The van der Waals surface area contributed by atoms with Crippen LogP contribution in [0.2, 0.25) is 0 Å². The molecule has 1 aliphatic rings. The first-order chi connectivity index (χ1) is 17.7. The summed E-state index contributed by atoms with van der Waals surface area (Å²) in [5.74, 6) is -0.0800. The lowest BCUT2D eigenvalue weighted by Gasteiger charge is -2.29. The molecular weight excluding hydrogens is 487 g/mol. The third-order valence-corrected chi connectivity index (χ3v) is 5.84. The fraction of sp³-hybridized carbons (Fsp3) is 0.222. The molecule has 0 fully saturated rings. The number of methoxy groups -OCH3 is 1. The van der Waals surface area contributed by atoms with E-state index in [9.17, 15) is 22.8 Å². The number of allylic oxidation sites excluding steroid dienone is 1. The molecular formula is C27H24F3N3O4. The topological polar surface area (TPSA) is 89.6 Å². The van der Waals surface area contributed by atoms with Crippen LogP contribution in [-0.4, -0.2) is 24.1 Å². The first-order valence-corrected chi connectivity index (χ1v) is 11.4. The summed E-state index contributed by atoms with van der Waals surface area (Å²) in [5, 5.41) is 5.44. The highest BCUT2D eigenvalue weighted by molar-refractivity contribution is 5.95. The molecule has 4 rings (SSSR count). The number of hydrogen-bond acceptors (Lipinski definition) is 5. The van der Waals surface area contributed by atoms with Crippen molar-refractivity contribution in [1.29, 1.82) is 0 Å². The van der Waals surface area contributed by atoms with Gasteiger partial charge in [0.25, 0.3) is 0 Å². The number of aryl methyl sites for hydroxylation is 1. The number of carbonyl (C=O) groups excluding carboxylic acids is 2. The number of esters is 1. The number of pyridine rings is 1. The van der Waals surface area contributed by atoms with Gasteiger partial charge in [-0.25, -0.2) is 9.59 Å². The second-order valence-corrected chi connectivity index (χ2v) is 8.33. The molecule has 2 N–H and O–H groups in total. The van der Waals surface area contributed by atoms with Crippen molar-refractivity contribution in [2.24, 2.45) is 0 Å². The molecule has 37 heavy (non-hydrogen) atoms. The highest BCUT2D eigenvalue weighted by Gasteiger charge is 2.34. The van der Waals surface area contributed by atoms with Gasteiger partial charge in [0.05, 0.1) is 24.3 Å². The molecule has 1 aliphatic heterocycles. The number of halogens is 3. The molecule has 2 aromatic carbocycles. The number of nitrogens with one attached hydrogen (secondary N) is 2. The quantitative estimate of drug-likeness (QED) is 0.411. The number of carbonyl (C=O) groups is 2. The fourth-order valence-electron chi connectivity index (χ4n) is 4.02. The van der Waals surface area contributed by atoms with Crippen molar-refractivity contribution in [1.82, 2.24) is 15.6 Å². The molecule has 2 amide bonds. The Morgan fingerprint density at radius 3 is 2.46 bits per heavy atom. The van der Waals surface area contributed by atoms with Gasteiger partial charge >= 0.3 is 18.2 Å². The van der Waals surface area contributed by atoms with E-state index >= 15 is 0 Å². The summed E-state index contributed by atoms with van der Waals surface area (Å²) in [6.45, 7) is -0.369. The van der Waals surface area contributed by atoms with Gasteiger partial charge in [-0.05, 0) is 65.9 Å².